The number of hydrogen-bond acceptors (Lipinski definition) is 2. The topological polar surface area (TPSA) is 32.3 Å². The van der Waals surface area contributed by atoms with Gasteiger partial charge in [-0.05, 0) is 39.0 Å². The molecule has 1 aliphatic carbocycles. The molecule has 100 valence electrons. The Labute approximate surface area is 106 Å². The van der Waals surface area contributed by atoms with Crippen molar-refractivity contribution in [2.75, 3.05) is 19.6 Å². The smallest absolute Gasteiger partial charge is 0.223 e. The standard InChI is InChI=1S/C14H28N2O/c1-4-7-13(12-8-9-12)15-11-10-14(17)16(5-2)6-3/h12-13,15H,4-11H2,1-3H3. The van der Waals surface area contributed by atoms with Crippen LogP contribution in [0.2, 0.25) is 0 Å². The molecule has 0 heterocycles. The third kappa shape index (κ3) is 5.07. The average molecular weight is 240 g/mol. The van der Waals surface area contributed by atoms with E-state index in [4.69, 9.17) is 0 Å². The number of hydrogen-bond donors (Lipinski definition) is 1. The van der Waals surface area contributed by atoms with E-state index in [2.05, 4.69) is 12.2 Å². The Hall–Kier alpha value is -0.570. The quantitative estimate of drug-likeness (QED) is 0.671. The normalized spacial score (nSPS) is 16.9. The third-order valence-electron chi connectivity index (χ3n) is 3.65. The molecule has 0 spiro atoms. The molecule has 1 N–H and O–H groups in total. The van der Waals surface area contributed by atoms with Gasteiger partial charge in [0.25, 0.3) is 0 Å². The van der Waals surface area contributed by atoms with Crippen molar-refractivity contribution in [2.45, 2.75) is 58.9 Å². The second-order valence-electron chi connectivity index (χ2n) is 5.00. The number of nitrogens with zero attached hydrogens (tertiary/aromatic N) is 1. The van der Waals surface area contributed by atoms with E-state index in [0.717, 1.165) is 25.6 Å². The van der Waals surface area contributed by atoms with Crippen LogP contribution in [0.5, 0.6) is 0 Å². The van der Waals surface area contributed by atoms with Crippen molar-refractivity contribution in [3.63, 3.8) is 0 Å². The Morgan fingerprint density at radius 2 is 1.94 bits per heavy atom. The van der Waals surface area contributed by atoms with Gasteiger partial charge in [0, 0.05) is 32.1 Å². The fourth-order valence-electron chi connectivity index (χ4n) is 2.41. The second-order valence-corrected chi connectivity index (χ2v) is 5.00. The fourth-order valence-corrected chi connectivity index (χ4v) is 2.41. The molecular formula is C14H28N2O. The maximum atomic E-state index is 11.8. The molecular weight excluding hydrogens is 212 g/mol. The number of rotatable bonds is 9. The molecule has 0 aromatic heterocycles. The summed E-state index contributed by atoms with van der Waals surface area (Å²) in [4.78, 5) is 13.7. The van der Waals surface area contributed by atoms with Gasteiger partial charge >= 0.3 is 0 Å². The minimum absolute atomic E-state index is 0.286. The van der Waals surface area contributed by atoms with E-state index in [1.54, 1.807) is 0 Å². The van der Waals surface area contributed by atoms with Crippen LogP contribution in [0.15, 0.2) is 0 Å². The fraction of sp³-hybridized carbons (Fsp3) is 0.929. The summed E-state index contributed by atoms with van der Waals surface area (Å²) in [5.41, 5.74) is 0. The van der Waals surface area contributed by atoms with E-state index < -0.39 is 0 Å². The zero-order valence-electron chi connectivity index (χ0n) is 11.7. The van der Waals surface area contributed by atoms with Crippen LogP contribution in [0.25, 0.3) is 0 Å². The molecule has 1 rings (SSSR count). The van der Waals surface area contributed by atoms with Crippen molar-refractivity contribution in [1.29, 1.82) is 0 Å². The summed E-state index contributed by atoms with van der Waals surface area (Å²) < 4.78 is 0. The molecule has 0 radical (unpaired) electrons. The van der Waals surface area contributed by atoms with Crippen LogP contribution < -0.4 is 5.32 Å². The molecule has 3 nitrogen and oxygen atoms in total. The van der Waals surface area contributed by atoms with Gasteiger partial charge in [-0.3, -0.25) is 4.79 Å². The maximum Gasteiger partial charge on any atom is 0.223 e. The van der Waals surface area contributed by atoms with Crippen LogP contribution in [0.4, 0.5) is 0 Å². The van der Waals surface area contributed by atoms with E-state index in [9.17, 15) is 4.79 Å². The molecule has 0 bridgehead atoms. The lowest BCUT2D eigenvalue weighted by atomic mass is 10.1. The Morgan fingerprint density at radius 3 is 2.41 bits per heavy atom. The van der Waals surface area contributed by atoms with Crippen LogP contribution >= 0.6 is 0 Å². The molecule has 1 unspecified atom stereocenters. The first-order valence-corrected chi connectivity index (χ1v) is 7.24. The number of carbonyl (C=O) groups excluding carboxylic acids is 1. The van der Waals surface area contributed by atoms with Crippen LogP contribution in [0.3, 0.4) is 0 Å². The molecule has 1 aliphatic rings. The predicted molar refractivity (Wildman–Crippen MR) is 72.0 cm³/mol. The molecule has 3 heteroatoms. The summed E-state index contributed by atoms with van der Waals surface area (Å²) in [6.45, 7) is 8.82. The first-order chi connectivity index (χ1) is 8.22. The number of carbonyl (C=O) groups is 1. The second kappa shape index (κ2) is 7.70. The zero-order chi connectivity index (χ0) is 12.7. The molecule has 0 aromatic carbocycles. The van der Waals surface area contributed by atoms with Gasteiger partial charge in [0.1, 0.15) is 0 Å². The molecule has 1 fully saturated rings. The lowest BCUT2D eigenvalue weighted by Gasteiger charge is -2.21. The van der Waals surface area contributed by atoms with Crippen molar-refractivity contribution < 1.29 is 4.79 Å². The van der Waals surface area contributed by atoms with Gasteiger partial charge in [-0.15, -0.1) is 0 Å². The molecule has 0 saturated heterocycles. The van der Waals surface area contributed by atoms with E-state index in [1.165, 1.54) is 25.7 Å². The minimum Gasteiger partial charge on any atom is -0.343 e. The summed E-state index contributed by atoms with van der Waals surface area (Å²) in [6.07, 6.45) is 5.89. The highest BCUT2D eigenvalue weighted by Gasteiger charge is 2.29. The number of nitrogens with one attached hydrogen (secondary N) is 1. The molecule has 0 aromatic rings. The van der Waals surface area contributed by atoms with E-state index in [0.29, 0.717) is 12.5 Å². The van der Waals surface area contributed by atoms with E-state index in [-0.39, 0.29) is 5.91 Å². The highest BCUT2D eigenvalue weighted by Crippen LogP contribution is 2.34. The van der Waals surface area contributed by atoms with Gasteiger partial charge < -0.3 is 10.2 Å². The molecule has 1 saturated carbocycles. The monoisotopic (exact) mass is 240 g/mol. The lowest BCUT2D eigenvalue weighted by molar-refractivity contribution is -0.130. The summed E-state index contributed by atoms with van der Waals surface area (Å²) >= 11 is 0. The minimum atomic E-state index is 0.286. The first kappa shape index (κ1) is 14.5. The Balaban J connectivity index is 2.18. The summed E-state index contributed by atoms with van der Waals surface area (Å²) in [5.74, 6) is 1.17. The van der Waals surface area contributed by atoms with Crippen molar-refractivity contribution in [1.82, 2.24) is 10.2 Å². The van der Waals surface area contributed by atoms with Gasteiger partial charge in [-0.25, -0.2) is 0 Å². The largest absolute Gasteiger partial charge is 0.343 e. The van der Waals surface area contributed by atoms with E-state index in [1.807, 2.05) is 18.7 Å². The predicted octanol–water partition coefficient (Wildman–Crippen LogP) is 2.41. The van der Waals surface area contributed by atoms with Crippen molar-refractivity contribution in [3.05, 3.63) is 0 Å². The summed E-state index contributed by atoms with van der Waals surface area (Å²) in [6, 6.07) is 0.657. The number of amides is 1. The van der Waals surface area contributed by atoms with Gasteiger partial charge in [0.15, 0.2) is 0 Å². The molecule has 1 amide bonds. The van der Waals surface area contributed by atoms with Gasteiger partial charge in [0.2, 0.25) is 5.91 Å². The van der Waals surface area contributed by atoms with Gasteiger partial charge in [-0.1, -0.05) is 13.3 Å². The highest BCUT2D eigenvalue weighted by atomic mass is 16.2. The van der Waals surface area contributed by atoms with Crippen molar-refractivity contribution >= 4 is 5.91 Å². The van der Waals surface area contributed by atoms with E-state index >= 15 is 0 Å². The van der Waals surface area contributed by atoms with Crippen LogP contribution in [0.1, 0.15) is 52.9 Å². The summed E-state index contributed by atoms with van der Waals surface area (Å²) in [5, 5.41) is 3.57. The first-order valence-electron chi connectivity index (χ1n) is 7.24. The van der Waals surface area contributed by atoms with Crippen LogP contribution in [-0.2, 0) is 4.79 Å². The van der Waals surface area contributed by atoms with Crippen LogP contribution in [0, 0.1) is 5.92 Å². The van der Waals surface area contributed by atoms with Gasteiger partial charge in [-0.2, -0.15) is 0 Å². The summed E-state index contributed by atoms with van der Waals surface area (Å²) in [7, 11) is 0. The highest BCUT2D eigenvalue weighted by molar-refractivity contribution is 5.76. The van der Waals surface area contributed by atoms with Crippen molar-refractivity contribution in [3.8, 4) is 0 Å². The Bertz CT molecular complexity index is 222. The maximum absolute atomic E-state index is 11.8. The molecule has 0 aliphatic heterocycles. The van der Waals surface area contributed by atoms with Gasteiger partial charge in [0.05, 0.1) is 0 Å². The SMILES string of the molecule is CCCC(NCCC(=O)N(CC)CC)C1CC1. The van der Waals surface area contributed by atoms with Crippen molar-refractivity contribution in [2.24, 2.45) is 5.92 Å². The lowest BCUT2D eigenvalue weighted by Crippen LogP contribution is -2.36. The Kier molecular flexibility index (Phi) is 6.56. The Morgan fingerprint density at radius 1 is 1.29 bits per heavy atom. The zero-order valence-corrected chi connectivity index (χ0v) is 11.7. The van der Waals surface area contributed by atoms with Crippen LogP contribution in [-0.4, -0.2) is 36.5 Å². The average Bonchev–Trinajstić information content (AvgIpc) is 3.13. The molecule has 1 atom stereocenters. The third-order valence-corrected chi connectivity index (χ3v) is 3.65. The molecule has 17 heavy (non-hydrogen) atoms.